The third-order valence-electron chi connectivity index (χ3n) is 3.01. The molecule has 0 aromatic carbocycles. The van der Waals surface area contributed by atoms with Crippen molar-refractivity contribution in [1.82, 2.24) is 14.5 Å². The second-order valence-electron chi connectivity index (χ2n) is 4.47. The van der Waals surface area contributed by atoms with Crippen LogP contribution in [0.3, 0.4) is 0 Å². The van der Waals surface area contributed by atoms with Crippen molar-refractivity contribution in [1.29, 1.82) is 0 Å². The second-order valence-corrected chi connectivity index (χ2v) is 5.67. The molecule has 0 unspecified atom stereocenters. The van der Waals surface area contributed by atoms with E-state index in [1.165, 1.54) is 11.3 Å². The molecule has 0 aliphatic carbocycles. The molecule has 0 radical (unpaired) electrons. The molecule has 2 heterocycles. The highest BCUT2D eigenvalue weighted by atomic mass is 32.1. The van der Waals surface area contributed by atoms with Crippen molar-refractivity contribution in [2.24, 2.45) is 0 Å². The Morgan fingerprint density at radius 2 is 2.15 bits per heavy atom. The number of nitrogens with one attached hydrogen (secondary N) is 1. The molecule has 0 aliphatic rings. The lowest BCUT2D eigenvalue weighted by atomic mass is 10.2. The number of hydrogen-bond donors (Lipinski definition) is 2. The van der Waals surface area contributed by atoms with Crippen molar-refractivity contribution >= 4 is 11.3 Å². The minimum Gasteiger partial charge on any atom is -0.494 e. The summed E-state index contributed by atoms with van der Waals surface area (Å²) < 4.78 is 1.16. The molecule has 2 rings (SSSR count). The maximum absolute atomic E-state index is 11.8. The largest absolute Gasteiger partial charge is 0.494 e. The third-order valence-corrected chi connectivity index (χ3v) is 4.13. The normalized spacial score (nSPS) is 10.9. The van der Waals surface area contributed by atoms with E-state index in [9.17, 15) is 14.7 Å². The number of aromatic hydroxyl groups is 1. The lowest BCUT2D eigenvalue weighted by Crippen LogP contribution is -2.32. The van der Waals surface area contributed by atoms with Gasteiger partial charge in [0.2, 0.25) is 5.88 Å². The van der Waals surface area contributed by atoms with E-state index in [1.807, 2.05) is 13.8 Å². The zero-order chi connectivity index (χ0) is 14.7. The van der Waals surface area contributed by atoms with Gasteiger partial charge in [0.15, 0.2) is 0 Å². The van der Waals surface area contributed by atoms with E-state index >= 15 is 0 Å². The number of aryl methyl sites for hydroxylation is 1. The molecule has 7 heteroatoms. The molecule has 0 saturated carbocycles. The molecule has 108 valence electrons. The Bertz CT molecular complexity index is 714. The number of aromatic nitrogens is 3. The van der Waals surface area contributed by atoms with Crippen molar-refractivity contribution in [2.75, 3.05) is 0 Å². The van der Waals surface area contributed by atoms with Gasteiger partial charge in [-0.25, -0.2) is 9.78 Å². The Hall–Kier alpha value is -1.89. The maximum Gasteiger partial charge on any atom is 0.331 e. The molecule has 0 fully saturated rings. The van der Waals surface area contributed by atoms with Gasteiger partial charge in [0.05, 0.1) is 12.1 Å². The van der Waals surface area contributed by atoms with Crippen LogP contribution in [0.1, 0.15) is 35.7 Å². The second kappa shape index (κ2) is 6.04. The van der Waals surface area contributed by atoms with E-state index in [4.69, 9.17) is 0 Å². The fourth-order valence-corrected chi connectivity index (χ4v) is 2.79. The average Bonchev–Trinajstić information content (AvgIpc) is 2.87. The number of aromatic amines is 1. The summed E-state index contributed by atoms with van der Waals surface area (Å²) in [6.07, 6.45) is 3.79. The first-order valence-electron chi connectivity index (χ1n) is 6.55. The summed E-state index contributed by atoms with van der Waals surface area (Å²) in [6, 6.07) is 0. The Morgan fingerprint density at radius 3 is 2.75 bits per heavy atom. The number of thiazole rings is 1. The molecule has 0 bridgehead atoms. The lowest BCUT2D eigenvalue weighted by molar-refractivity contribution is 0.400. The predicted molar refractivity (Wildman–Crippen MR) is 77.6 cm³/mol. The quantitative estimate of drug-likeness (QED) is 0.869. The molecule has 0 amide bonds. The van der Waals surface area contributed by atoms with Gasteiger partial charge in [0.25, 0.3) is 5.56 Å². The van der Waals surface area contributed by atoms with Crippen molar-refractivity contribution in [3.8, 4) is 5.88 Å². The van der Waals surface area contributed by atoms with Crippen LogP contribution >= 0.6 is 11.3 Å². The summed E-state index contributed by atoms with van der Waals surface area (Å²) in [5.74, 6) is -0.256. The summed E-state index contributed by atoms with van der Waals surface area (Å²) in [5.41, 5.74) is -0.876. The monoisotopic (exact) mass is 295 g/mol. The van der Waals surface area contributed by atoms with Gasteiger partial charge < -0.3 is 5.11 Å². The van der Waals surface area contributed by atoms with Gasteiger partial charge in [-0.05, 0) is 12.8 Å². The van der Waals surface area contributed by atoms with E-state index in [0.29, 0.717) is 12.8 Å². The molecule has 20 heavy (non-hydrogen) atoms. The topological polar surface area (TPSA) is 88.0 Å². The van der Waals surface area contributed by atoms with Crippen molar-refractivity contribution in [3.63, 3.8) is 0 Å². The molecule has 0 atom stereocenters. The first kappa shape index (κ1) is 14.5. The molecule has 2 N–H and O–H groups in total. The van der Waals surface area contributed by atoms with Crippen molar-refractivity contribution in [3.05, 3.63) is 42.5 Å². The third kappa shape index (κ3) is 2.82. The Kier molecular flexibility index (Phi) is 4.39. The van der Waals surface area contributed by atoms with Gasteiger partial charge in [0, 0.05) is 11.1 Å². The van der Waals surface area contributed by atoms with Crippen molar-refractivity contribution in [2.45, 2.75) is 39.7 Å². The molecular weight excluding hydrogens is 278 g/mol. The van der Waals surface area contributed by atoms with Crippen LogP contribution < -0.4 is 11.2 Å². The summed E-state index contributed by atoms with van der Waals surface area (Å²) in [4.78, 5) is 31.1. The number of hydrogen-bond acceptors (Lipinski definition) is 5. The number of H-pyrrole nitrogens is 1. The molecule has 6 nitrogen and oxygen atoms in total. The smallest absolute Gasteiger partial charge is 0.331 e. The van der Waals surface area contributed by atoms with Crippen LogP contribution in [0.25, 0.3) is 0 Å². The summed E-state index contributed by atoms with van der Waals surface area (Å²) in [6.45, 7) is 4.10. The zero-order valence-corrected chi connectivity index (χ0v) is 12.3. The summed E-state index contributed by atoms with van der Waals surface area (Å²) in [5, 5.41) is 10.9. The number of rotatable bonds is 5. The molecule has 0 saturated heterocycles. The van der Waals surface area contributed by atoms with Crippen LogP contribution in [0.2, 0.25) is 0 Å². The number of nitrogens with zero attached hydrogens (tertiary/aromatic N) is 2. The fourth-order valence-electron chi connectivity index (χ4n) is 1.94. The summed E-state index contributed by atoms with van der Waals surface area (Å²) in [7, 11) is 0. The van der Waals surface area contributed by atoms with Crippen LogP contribution in [0.15, 0.2) is 15.8 Å². The average molecular weight is 295 g/mol. The van der Waals surface area contributed by atoms with Gasteiger partial charge >= 0.3 is 5.69 Å². The first-order valence-corrected chi connectivity index (χ1v) is 7.37. The first-order chi connectivity index (χ1) is 9.56. The van der Waals surface area contributed by atoms with Gasteiger partial charge in [-0.1, -0.05) is 20.3 Å². The highest BCUT2D eigenvalue weighted by Crippen LogP contribution is 2.17. The molecule has 0 spiro atoms. The zero-order valence-electron chi connectivity index (χ0n) is 11.5. The minimum absolute atomic E-state index is 0.169. The van der Waals surface area contributed by atoms with Gasteiger partial charge in [-0.15, -0.1) is 11.3 Å². The van der Waals surface area contributed by atoms with Gasteiger partial charge in [0.1, 0.15) is 5.01 Å². The Morgan fingerprint density at radius 1 is 1.40 bits per heavy atom. The highest BCUT2D eigenvalue weighted by Gasteiger charge is 2.14. The maximum atomic E-state index is 11.8. The van der Waals surface area contributed by atoms with E-state index in [1.54, 1.807) is 6.20 Å². The molecule has 2 aromatic rings. The minimum atomic E-state index is -0.611. The van der Waals surface area contributed by atoms with Crippen LogP contribution in [0.4, 0.5) is 0 Å². The van der Waals surface area contributed by atoms with Gasteiger partial charge in [-0.2, -0.15) is 0 Å². The van der Waals surface area contributed by atoms with Crippen LogP contribution in [-0.2, 0) is 19.4 Å². The molecular formula is C13H17N3O3S. The Balaban J connectivity index is 2.43. The van der Waals surface area contributed by atoms with Crippen LogP contribution in [0.5, 0.6) is 5.88 Å². The predicted octanol–water partition coefficient (Wildman–Crippen LogP) is 1.26. The van der Waals surface area contributed by atoms with E-state index in [0.717, 1.165) is 20.9 Å². The van der Waals surface area contributed by atoms with E-state index in [2.05, 4.69) is 9.97 Å². The lowest BCUT2D eigenvalue weighted by Gasteiger charge is -2.09. The van der Waals surface area contributed by atoms with Crippen molar-refractivity contribution < 1.29 is 5.11 Å². The molecule has 0 aliphatic heterocycles. The van der Waals surface area contributed by atoms with E-state index in [-0.39, 0.29) is 18.0 Å². The van der Waals surface area contributed by atoms with Crippen LogP contribution in [0, 0.1) is 0 Å². The standard InChI is InChI=1S/C13H17N3O3S/c1-3-5-9-11(17)15-13(19)16(12(9)18)7-10-14-6-8(4-2)20-10/h6,18H,3-5,7H2,1-2H3,(H,15,17,19). The fraction of sp³-hybridized carbons (Fsp3) is 0.462. The van der Waals surface area contributed by atoms with Crippen LogP contribution in [-0.4, -0.2) is 19.6 Å². The highest BCUT2D eigenvalue weighted by molar-refractivity contribution is 7.11. The van der Waals surface area contributed by atoms with E-state index < -0.39 is 11.2 Å². The SMILES string of the molecule is CCCc1c(O)n(Cc2ncc(CC)s2)c(=O)[nH]c1=O. The van der Waals surface area contributed by atoms with Gasteiger partial charge in [-0.3, -0.25) is 14.3 Å². The summed E-state index contributed by atoms with van der Waals surface area (Å²) >= 11 is 1.49. The Labute approximate surface area is 119 Å². The molecule has 2 aromatic heterocycles.